The Morgan fingerprint density at radius 2 is 1.97 bits per heavy atom. The number of aromatic nitrogens is 2. The number of fused-ring (bicyclic) bond motifs is 1. The first-order chi connectivity index (χ1) is 13.8. The molecule has 3 rings (SSSR count). The zero-order valence-electron chi connectivity index (χ0n) is 17.2. The van der Waals surface area contributed by atoms with Crippen LogP contribution in [0.1, 0.15) is 20.8 Å². The molecule has 2 N–H and O–H groups in total. The highest BCUT2D eigenvalue weighted by atomic mass is 16.6. The number of carbonyl (C=O) groups is 2. The molecule has 1 aromatic carbocycles. The summed E-state index contributed by atoms with van der Waals surface area (Å²) in [5.41, 5.74) is 1.01. The van der Waals surface area contributed by atoms with Crippen LogP contribution in [0.4, 0.5) is 10.5 Å². The van der Waals surface area contributed by atoms with Gasteiger partial charge < -0.3 is 20.1 Å². The topological polar surface area (TPSA) is 97.7 Å². The lowest BCUT2D eigenvalue weighted by atomic mass is 10.2. The minimum atomic E-state index is -0.623. The highest BCUT2D eigenvalue weighted by molar-refractivity contribution is 6.02. The zero-order valence-corrected chi connectivity index (χ0v) is 17.2. The second kappa shape index (κ2) is 9.23. The van der Waals surface area contributed by atoms with Crippen molar-refractivity contribution >= 4 is 28.6 Å². The fraction of sp³-hybridized carbons (Fsp3) is 0.550. The fourth-order valence-electron chi connectivity index (χ4n) is 3.11. The summed E-state index contributed by atoms with van der Waals surface area (Å²) >= 11 is 0. The number of amides is 2. The summed E-state index contributed by atoms with van der Waals surface area (Å²) in [5, 5.41) is 10.6. The van der Waals surface area contributed by atoms with Crippen LogP contribution >= 0.6 is 0 Å². The van der Waals surface area contributed by atoms with Crippen molar-refractivity contribution in [1.29, 1.82) is 0 Å². The Morgan fingerprint density at radius 3 is 2.69 bits per heavy atom. The van der Waals surface area contributed by atoms with Crippen molar-refractivity contribution in [3.05, 3.63) is 24.4 Å². The number of alkyl carbamates (subject to hydrolysis) is 1. The highest BCUT2D eigenvalue weighted by Crippen LogP contribution is 2.23. The molecule has 9 heteroatoms. The van der Waals surface area contributed by atoms with Gasteiger partial charge in [0.2, 0.25) is 5.91 Å². The molecule has 0 atom stereocenters. The van der Waals surface area contributed by atoms with Crippen LogP contribution in [0.2, 0.25) is 0 Å². The van der Waals surface area contributed by atoms with E-state index >= 15 is 0 Å². The van der Waals surface area contributed by atoms with Gasteiger partial charge in [-0.1, -0.05) is 6.07 Å². The standard InChI is InChI=1S/C20H29N5O4/c1-20(2,3)29-19(27)21-14-18(26)23-16-5-4-6-17-15(16)13-22-25(17)8-7-24-9-11-28-12-10-24/h4-6,13H,7-12,14H2,1-3H3,(H,21,27)(H,23,26). The van der Waals surface area contributed by atoms with Gasteiger partial charge >= 0.3 is 6.09 Å². The zero-order chi connectivity index (χ0) is 20.9. The first kappa shape index (κ1) is 21.1. The Hall–Kier alpha value is -2.65. The molecule has 2 amide bonds. The van der Waals surface area contributed by atoms with Gasteiger partial charge in [-0.15, -0.1) is 0 Å². The van der Waals surface area contributed by atoms with Crippen molar-refractivity contribution in [3.8, 4) is 0 Å². The van der Waals surface area contributed by atoms with Crippen LogP contribution in [0.3, 0.4) is 0 Å². The molecule has 0 unspecified atom stereocenters. The maximum atomic E-state index is 12.2. The third-order valence-electron chi connectivity index (χ3n) is 4.49. The molecular formula is C20H29N5O4. The van der Waals surface area contributed by atoms with Crippen LogP contribution in [0, 0.1) is 0 Å². The molecule has 0 saturated carbocycles. The molecule has 0 radical (unpaired) electrons. The van der Waals surface area contributed by atoms with Crippen LogP contribution in [-0.4, -0.2) is 71.7 Å². The molecule has 1 aromatic heterocycles. The lowest BCUT2D eigenvalue weighted by molar-refractivity contribution is -0.115. The van der Waals surface area contributed by atoms with E-state index in [4.69, 9.17) is 9.47 Å². The van der Waals surface area contributed by atoms with Crippen LogP contribution < -0.4 is 10.6 Å². The summed E-state index contributed by atoms with van der Waals surface area (Å²) in [6.45, 7) is 10.2. The maximum absolute atomic E-state index is 12.2. The van der Waals surface area contributed by atoms with Crippen molar-refractivity contribution < 1.29 is 19.1 Å². The van der Waals surface area contributed by atoms with Crippen molar-refractivity contribution in [2.45, 2.75) is 32.9 Å². The molecule has 1 fully saturated rings. The Morgan fingerprint density at radius 1 is 1.21 bits per heavy atom. The summed E-state index contributed by atoms with van der Waals surface area (Å²) in [6, 6.07) is 5.68. The van der Waals surface area contributed by atoms with E-state index in [1.165, 1.54) is 0 Å². The van der Waals surface area contributed by atoms with Gasteiger partial charge in [0.05, 0.1) is 37.2 Å². The van der Waals surface area contributed by atoms with Gasteiger partial charge in [0.15, 0.2) is 0 Å². The number of ether oxygens (including phenoxy) is 2. The monoisotopic (exact) mass is 403 g/mol. The molecule has 0 bridgehead atoms. The van der Waals surface area contributed by atoms with E-state index in [1.807, 2.05) is 22.9 Å². The molecule has 29 heavy (non-hydrogen) atoms. The summed E-state index contributed by atoms with van der Waals surface area (Å²) in [5.74, 6) is -0.329. The predicted octanol–water partition coefficient (Wildman–Crippen LogP) is 1.83. The van der Waals surface area contributed by atoms with E-state index in [2.05, 4.69) is 20.6 Å². The predicted molar refractivity (Wildman–Crippen MR) is 110 cm³/mol. The van der Waals surface area contributed by atoms with Crippen molar-refractivity contribution in [2.24, 2.45) is 0 Å². The van der Waals surface area contributed by atoms with E-state index in [1.54, 1.807) is 27.0 Å². The SMILES string of the molecule is CC(C)(C)OC(=O)NCC(=O)Nc1cccc2c1cnn2CCN1CCOCC1. The fourth-order valence-corrected chi connectivity index (χ4v) is 3.11. The summed E-state index contributed by atoms with van der Waals surface area (Å²) in [6.07, 6.45) is 1.13. The Kier molecular flexibility index (Phi) is 6.71. The Balaban J connectivity index is 1.58. The maximum Gasteiger partial charge on any atom is 0.408 e. The lowest BCUT2D eigenvalue weighted by Crippen LogP contribution is -2.38. The number of morpholine rings is 1. The Bertz CT molecular complexity index is 852. The summed E-state index contributed by atoms with van der Waals surface area (Å²) in [7, 11) is 0. The van der Waals surface area contributed by atoms with Gasteiger partial charge in [0, 0.05) is 25.0 Å². The van der Waals surface area contributed by atoms with E-state index < -0.39 is 11.7 Å². The number of anilines is 1. The normalized spacial score (nSPS) is 15.3. The van der Waals surface area contributed by atoms with E-state index in [9.17, 15) is 9.59 Å². The number of carbonyl (C=O) groups excluding carboxylic acids is 2. The van der Waals surface area contributed by atoms with Crippen molar-refractivity contribution in [2.75, 3.05) is 44.7 Å². The van der Waals surface area contributed by atoms with Crippen LogP contribution in [0.25, 0.3) is 10.9 Å². The Labute approximate surface area is 170 Å². The second-order valence-corrected chi connectivity index (χ2v) is 7.96. The average Bonchev–Trinajstić information content (AvgIpc) is 3.08. The van der Waals surface area contributed by atoms with Gasteiger partial charge in [-0.3, -0.25) is 14.4 Å². The molecule has 1 aliphatic rings. The van der Waals surface area contributed by atoms with Crippen molar-refractivity contribution in [1.82, 2.24) is 20.0 Å². The quantitative estimate of drug-likeness (QED) is 0.764. The molecule has 1 aliphatic heterocycles. The molecule has 0 spiro atoms. The van der Waals surface area contributed by atoms with Gasteiger partial charge in [-0.2, -0.15) is 5.10 Å². The number of hydrogen-bond acceptors (Lipinski definition) is 6. The number of nitrogens with one attached hydrogen (secondary N) is 2. The number of rotatable bonds is 6. The van der Waals surface area contributed by atoms with E-state index in [-0.39, 0.29) is 12.5 Å². The van der Waals surface area contributed by atoms with Crippen LogP contribution in [0.5, 0.6) is 0 Å². The van der Waals surface area contributed by atoms with Gasteiger partial charge in [-0.25, -0.2) is 4.79 Å². The van der Waals surface area contributed by atoms with Gasteiger partial charge in [-0.05, 0) is 32.9 Å². The largest absolute Gasteiger partial charge is 0.444 e. The number of hydrogen-bond donors (Lipinski definition) is 2. The smallest absolute Gasteiger partial charge is 0.408 e. The van der Waals surface area contributed by atoms with Crippen LogP contribution in [0.15, 0.2) is 24.4 Å². The minimum Gasteiger partial charge on any atom is -0.444 e. The molecule has 2 heterocycles. The summed E-state index contributed by atoms with van der Waals surface area (Å²) in [4.78, 5) is 26.3. The third-order valence-corrected chi connectivity index (χ3v) is 4.49. The third kappa shape index (κ3) is 6.16. The lowest BCUT2D eigenvalue weighted by Gasteiger charge is -2.26. The van der Waals surface area contributed by atoms with Crippen LogP contribution in [-0.2, 0) is 20.8 Å². The van der Waals surface area contributed by atoms with Gasteiger partial charge in [0.1, 0.15) is 12.1 Å². The average molecular weight is 403 g/mol. The van der Waals surface area contributed by atoms with E-state index in [0.717, 1.165) is 50.3 Å². The minimum absolute atomic E-state index is 0.170. The number of nitrogens with zero attached hydrogens (tertiary/aromatic N) is 3. The summed E-state index contributed by atoms with van der Waals surface area (Å²) < 4.78 is 12.5. The molecule has 158 valence electrons. The highest BCUT2D eigenvalue weighted by Gasteiger charge is 2.17. The van der Waals surface area contributed by atoms with E-state index in [0.29, 0.717) is 5.69 Å². The number of benzene rings is 1. The molecule has 9 nitrogen and oxygen atoms in total. The first-order valence-electron chi connectivity index (χ1n) is 9.83. The second-order valence-electron chi connectivity index (χ2n) is 7.96. The molecule has 1 saturated heterocycles. The van der Waals surface area contributed by atoms with Crippen molar-refractivity contribution in [3.63, 3.8) is 0 Å². The first-order valence-corrected chi connectivity index (χ1v) is 9.83. The molecular weight excluding hydrogens is 374 g/mol. The van der Waals surface area contributed by atoms with Gasteiger partial charge in [0.25, 0.3) is 0 Å². The molecule has 0 aliphatic carbocycles. The molecule has 2 aromatic rings.